The average Bonchev–Trinajstić information content (AvgIpc) is 3.02. The molecule has 4 aliphatic rings. The Morgan fingerprint density at radius 3 is 2.41 bits per heavy atom. The molecule has 2 nitrogen and oxygen atoms in total. The van der Waals surface area contributed by atoms with Crippen LogP contribution in [0, 0.1) is 39.4 Å². The molecule has 2 saturated carbocycles. The third-order valence-corrected chi connectivity index (χ3v) is 11.8. The molecule has 32 heavy (non-hydrogen) atoms. The van der Waals surface area contributed by atoms with Crippen molar-refractivity contribution in [3.05, 3.63) is 22.8 Å². The highest BCUT2D eigenvalue weighted by Crippen LogP contribution is 2.72. The molecular formula is C30H50O2. The van der Waals surface area contributed by atoms with Crippen LogP contribution in [0.4, 0.5) is 0 Å². The first-order chi connectivity index (χ1) is 14.9. The summed E-state index contributed by atoms with van der Waals surface area (Å²) in [4.78, 5) is 0. The molecule has 4 rings (SSSR count). The van der Waals surface area contributed by atoms with E-state index in [2.05, 4.69) is 47.6 Å². The minimum absolute atomic E-state index is 0.0279. The predicted molar refractivity (Wildman–Crippen MR) is 134 cm³/mol. The molecule has 7 atom stereocenters. The smallest absolute Gasteiger partial charge is 0.0639 e. The number of rotatable bonds is 5. The van der Waals surface area contributed by atoms with E-state index < -0.39 is 0 Å². The zero-order valence-corrected chi connectivity index (χ0v) is 22.1. The van der Waals surface area contributed by atoms with Crippen LogP contribution in [0.25, 0.3) is 0 Å². The van der Waals surface area contributed by atoms with Gasteiger partial charge in [-0.2, -0.15) is 0 Å². The lowest BCUT2D eigenvalue weighted by Crippen LogP contribution is -2.55. The van der Waals surface area contributed by atoms with Gasteiger partial charge in [0, 0.05) is 0 Å². The van der Waals surface area contributed by atoms with Crippen LogP contribution < -0.4 is 0 Å². The van der Waals surface area contributed by atoms with Gasteiger partial charge in [0.05, 0.1) is 12.7 Å². The first-order valence-electron chi connectivity index (χ1n) is 13.6. The van der Waals surface area contributed by atoms with Crippen molar-refractivity contribution >= 4 is 0 Å². The Morgan fingerprint density at radius 1 is 1.00 bits per heavy atom. The van der Waals surface area contributed by atoms with Crippen LogP contribution in [-0.4, -0.2) is 22.9 Å². The summed E-state index contributed by atoms with van der Waals surface area (Å²) in [5, 5.41) is 20.1. The third-order valence-electron chi connectivity index (χ3n) is 11.8. The van der Waals surface area contributed by atoms with Crippen molar-refractivity contribution in [3.63, 3.8) is 0 Å². The second kappa shape index (κ2) is 8.26. The van der Waals surface area contributed by atoms with E-state index >= 15 is 0 Å². The van der Waals surface area contributed by atoms with Gasteiger partial charge in [0.25, 0.3) is 0 Å². The van der Waals surface area contributed by atoms with E-state index in [1.165, 1.54) is 51.4 Å². The molecule has 4 aliphatic carbocycles. The molecule has 2 heteroatoms. The normalized spacial score (nSPS) is 44.7. The van der Waals surface area contributed by atoms with Gasteiger partial charge < -0.3 is 10.2 Å². The van der Waals surface area contributed by atoms with Crippen molar-refractivity contribution in [1.29, 1.82) is 0 Å². The molecule has 182 valence electrons. The Balaban J connectivity index is 1.62. The summed E-state index contributed by atoms with van der Waals surface area (Å²) in [5.41, 5.74) is 5.86. The fourth-order valence-electron chi connectivity index (χ4n) is 9.49. The number of aliphatic hydroxyl groups is 2. The van der Waals surface area contributed by atoms with Crippen molar-refractivity contribution in [3.8, 4) is 0 Å². The summed E-state index contributed by atoms with van der Waals surface area (Å²) in [7, 11) is 0. The van der Waals surface area contributed by atoms with Crippen molar-refractivity contribution in [2.24, 2.45) is 39.4 Å². The van der Waals surface area contributed by atoms with E-state index in [-0.39, 0.29) is 23.5 Å². The zero-order chi connectivity index (χ0) is 23.5. The van der Waals surface area contributed by atoms with Crippen LogP contribution in [0.1, 0.15) is 113 Å². The van der Waals surface area contributed by atoms with Crippen molar-refractivity contribution in [2.45, 2.75) is 119 Å². The highest BCUT2D eigenvalue weighted by molar-refractivity contribution is 5.38. The van der Waals surface area contributed by atoms with Crippen LogP contribution in [0.5, 0.6) is 0 Å². The maximum absolute atomic E-state index is 10.8. The quantitative estimate of drug-likeness (QED) is 0.434. The minimum atomic E-state index is -0.146. The lowest BCUT2D eigenvalue weighted by Gasteiger charge is -2.62. The molecule has 2 N–H and O–H groups in total. The first kappa shape index (κ1) is 24.5. The summed E-state index contributed by atoms with van der Waals surface area (Å²) in [5.74, 6) is 2.16. The van der Waals surface area contributed by atoms with Gasteiger partial charge in [-0.05, 0) is 111 Å². The molecular weight excluding hydrogens is 392 g/mol. The van der Waals surface area contributed by atoms with E-state index in [0.717, 1.165) is 30.3 Å². The highest BCUT2D eigenvalue weighted by Gasteiger charge is 2.63. The Hall–Kier alpha value is -0.600. The van der Waals surface area contributed by atoms with Gasteiger partial charge in [0.1, 0.15) is 0 Å². The molecule has 0 amide bonds. The lowest BCUT2D eigenvalue weighted by atomic mass is 9.43. The molecule has 2 unspecified atom stereocenters. The monoisotopic (exact) mass is 442 g/mol. The fourth-order valence-corrected chi connectivity index (χ4v) is 9.49. The summed E-state index contributed by atoms with van der Waals surface area (Å²) in [6.07, 6.45) is 14.5. The van der Waals surface area contributed by atoms with E-state index in [1.807, 2.05) is 18.1 Å². The van der Waals surface area contributed by atoms with Crippen LogP contribution in [0.3, 0.4) is 0 Å². The molecule has 0 bridgehead atoms. The summed E-state index contributed by atoms with van der Waals surface area (Å²) in [6, 6.07) is 0. The van der Waals surface area contributed by atoms with Crippen LogP contribution in [0.15, 0.2) is 22.8 Å². The Labute approximate surface area is 198 Å². The van der Waals surface area contributed by atoms with E-state index in [0.29, 0.717) is 16.7 Å². The second-order valence-corrected chi connectivity index (χ2v) is 13.5. The van der Waals surface area contributed by atoms with Gasteiger partial charge in [-0.15, -0.1) is 0 Å². The van der Waals surface area contributed by atoms with E-state index in [4.69, 9.17) is 0 Å². The lowest BCUT2D eigenvalue weighted by molar-refractivity contribution is -0.0962. The standard InChI is InChI=1S/C30H50O2/c1-20(19-31)9-8-10-21(2)22-13-17-30(7)24-11-12-25-27(3,4)26(32)15-16-28(25,5)23(24)14-18-29(22,30)6/h9,21-22,25-26,31-32H,8,10-19H2,1-7H3/t21-,22-,25?,26?,28-,29-,30+/m1/s1. The minimum Gasteiger partial charge on any atom is -0.393 e. The predicted octanol–water partition coefficient (Wildman–Crippen LogP) is 7.45. The van der Waals surface area contributed by atoms with E-state index in [1.54, 1.807) is 0 Å². The Kier molecular flexibility index (Phi) is 6.33. The average molecular weight is 443 g/mol. The van der Waals surface area contributed by atoms with Gasteiger partial charge in [-0.3, -0.25) is 0 Å². The molecule has 2 fully saturated rings. The molecule has 0 radical (unpaired) electrons. The molecule has 0 aromatic carbocycles. The number of hydrogen-bond acceptors (Lipinski definition) is 2. The summed E-state index contributed by atoms with van der Waals surface area (Å²) in [6.45, 7) is 17.2. The van der Waals surface area contributed by atoms with Crippen LogP contribution >= 0.6 is 0 Å². The second-order valence-electron chi connectivity index (χ2n) is 13.5. The fraction of sp³-hybridized carbons (Fsp3) is 0.867. The molecule has 0 spiro atoms. The van der Waals surface area contributed by atoms with Gasteiger partial charge in [0.2, 0.25) is 0 Å². The molecule has 0 aliphatic heterocycles. The topological polar surface area (TPSA) is 40.5 Å². The Morgan fingerprint density at radius 2 is 1.72 bits per heavy atom. The molecule has 0 aromatic rings. The van der Waals surface area contributed by atoms with Crippen LogP contribution in [0.2, 0.25) is 0 Å². The third kappa shape index (κ3) is 3.41. The SMILES string of the molecule is CC(=CCC[C@@H](C)[C@H]1CC[C@@]2(C)C3=C(CC[C@]12C)[C@@]1(C)CCC(O)C(C)(C)C1CC3)CO. The summed E-state index contributed by atoms with van der Waals surface area (Å²) >= 11 is 0. The maximum Gasteiger partial charge on any atom is 0.0639 e. The zero-order valence-electron chi connectivity index (χ0n) is 22.1. The number of aliphatic hydroxyl groups excluding tert-OH is 2. The summed E-state index contributed by atoms with van der Waals surface area (Å²) < 4.78 is 0. The number of allylic oxidation sites excluding steroid dienone is 3. The van der Waals surface area contributed by atoms with Crippen molar-refractivity contribution in [2.75, 3.05) is 6.61 Å². The largest absolute Gasteiger partial charge is 0.393 e. The highest BCUT2D eigenvalue weighted by atomic mass is 16.3. The van der Waals surface area contributed by atoms with Gasteiger partial charge >= 0.3 is 0 Å². The van der Waals surface area contributed by atoms with Gasteiger partial charge in [-0.1, -0.05) is 64.3 Å². The first-order valence-corrected chi connectivity index (χ1v) is 13.6. The van der Waals surface area contributed by atoms with E-state index in [9.17, 15) is 10.2 Å². The van der Waals surface area contributed by atoms with Crippen LogP contribution in [-0.2, 0) is 0 Å². The number of fused-ring (bicyclic) bond motifs is 4. The molecule has 0 aromatic heterocycles. The van der Waals surface area contributed by atoms with Crippen molar-refractivity contribution in [1.82, 2.24) is 0 Å². The number of hydrogen-bond donors (Lipinski definition) is 2. The maximum atomic E-state index is 10.8. The Bertz CT molecular complexity index is 791. The van der Waals surface area contributed by atoms with Gasteiger partial charge in [-0.25, -0.2) is 0 Å². The van der Waals surface area contributed by atoms with Gasteiger partial charge in [0.15, 0.2) is 0 Å². The molecule has 0 heterocycles. The van der Waals surface area contributed by atoms with Crippen molar-refractivity contribution < 1.29 is 10.2 Å². The molecule has 0 saturated heterocycles.